The van der Waals surface area contributed by atoms with Crippen molar-refractivity contribution in [1.82, 2.24) is 5.32 Å². The average Bonchev–Trinajstić information content (AvgIpc) is 2.40. The zero-order valence-electron chi connectivity index (χ0n) is 12.6. The third-order valence-corrected chi connectivity index (χ3v) is 3.23. The molecule has 0 heterocycles. The van der Waals surface area contributed by atoms with Crippen molar-refractivity contribution in [2.75, 3.05) is 6.54 Å². The van der Waals surface area contributed by atoms with Crippen molar-refractivity contribution in [1.29, 1.82) is 0 Å². The van der Waals surface area contributed by atoms with Crippen LogP contribution in [0.15, 0.2) is 18.2 Å². The number of rotatable bonds is 8. The van der Waals surface area contributed by atoms with Gasteiger partial charge in [0.1, 0.15) is 5.75 Å². The molecule has 0 saturated heterocycles. The summed E-state index contributed by atoms with van der Waals surface area (Å²) in [7, 11) is 0. The van der Waals surface area contributed by atoms with Crippen molar-refractivity contribution in [3.05, 3.63) is 29.8 Å². The highest BCUT2D eigenvalue weighted by molar-refractivity contribution is 5.84. The second-order valence-electron chi connectivity index (χ2n) is 5.33. The Morgan fingerprint density at radius 2 is 2.10 bits per heavy atom. The van der Waals surface area contributed by atoms with Crippen LogP contribution in [0.3, 0.4) is 0 Å². The molecule has 0 aliphatic carbocycles. The van der Waals surface area contributed by atoms with Crippen LogP contribution in [0.5, 0.6) is 5.75 Å². The fraction of sp³-hybridized carbons (Fsp3) is 0.533. The number of nitrogens with two attached hydrogens (primary N) is 1. The molecule has 2 unspecified atom stereocenters. The second-order valence-corrected chi connectivity index (χ2v) is 5.33. The normalized spacial score (nSPS) is 15.3. The molecular formula is C15H22F2N2O2. The molecule has 1 amide bonds. The van der Waals surface area contributed by atoms with Crippen LogP contribution in [0.2, 0.25) is 0 Å². The Balaban J connectivity index is 2.71. The first kappa shape index (κ1) is 17.4. The molecule has 0 aromatic heterocycles. The molecule has 118 valence electrons. The third kappa shape index (κ3) is 4.97. The van der Waals surface area contributed by atoms with E-state index in [4.69, 9.17) is 10.5 Å². The van der Waals surface area contributed by atoms with E-state index in [1.54, 1.807) is 13.8 Å². The molecule has 1 aromatic rings. The van der Waals surface area contributed by atoms with Crippen LogP contribution < -0.4 is 15.8 Å². The lowest BCUT2D eigenvalue weighted by Gasteiger charge is -2.30. The number of primary amides is 1. The van der Waals surface area contributed by atoms with E-state index in [0.29, 0.717) is 13.0 Å². The number of benzene rings is 1. The molecule has 0 aliphatic rings. The van der Waals surface area contributed by atoms with E-state index >= 15 is 0 Å². The molecule has 0 spiro atoms. The van der Waals surface area contributed by atoms with Crippen LogP contribution in [-0.2, 0) is 4.79 Å². The summed E-state index contributed by atoms with van der Waals surface area (Å²) >= 11 is 0. The number of halogens is 2. The van der Waals surface area contributed by atoms with Crippen molar-refractivity contribution < 1.29 is 18.3 Å². The maximum Gasteiger partial charge on any atom is 0.237 e. The molecule has 0 aliphatic heterocycles. The first-order chi connectivity index (χ1) is 9.78. The molecule has 6 heteroatoms. The van der Waals surface area contributed by atoms with E-state index in [0.717, 1.165) is 18.6 Å². The van der Waals surface area contributed by atoms with Gasteiger partial charge in [-0.25, -0.2) is 8.78 Å². The molecule has 0 fully saturated rings. The molecule has 0 bridgehead atoms. The summed E-state index contributed by atoms with van der Waals surface area (Å²) in [6, 6.07) is 3.32. The number of nitrogens with one attached hydrogen (secondary N) is 1. The highest BCUT2D eigenvalue weighted by Gasteiger charge is 2.32. The zero-order valence-corrected chi connectivity index (χ0v) is 12.6. The molecule has 0 saturated carbocycles. The van der Waals surface area contributed by atoms with Gasteiger partial charge in [-0.05, 0) is 38.9 Å². The van der Waals surface area contributed by atoms with E-state index in [9.17, 15) is 13.6 Å². The van der Waals surface area contributed by atoms with Crippen molar-refractivity contribution in [2.24, 2.45) is 5.73 Å². The lowest BCUT2D eigenvalue weighted by Crippen LogP contribution is -2.55. The number of ether oxygens (including phenoxy) is 1. The van der Waals surface area contributed by atoms with E-state index < -0.39 is 29.2 Å². The van der Waals surface area contributed by atoms with Gasteiger partial charge >= 0.3 is 0 Å². The molecular weight excluding hydrogens is 278 g/mol. The number of amides is 1. The van der Waals surface area contributed by atoms with E-state index in [-0.39, 0.29) is 5.75 Å². The minimum atomic E-state index is -0.971. The van der Waals surface area contributed by atoms with Crippen molar-refractivity contribution >= 4 is 5.91 Å². The Morgan fingerprint density at radius 3 is 2.62 bits per heavy atom. The number of hydrogen-bond acceptors (Lipinski definition) is 3. The minimum Gasteiger partial charge on any atom is -0.491 e. The van der Waals surface area contributed by atoms with Crippen LogP contribution in [0.1, 0.15) is 33.6 Å². The lowest BCUT2D eigenvalue weighted by molar-refractivity contribution is -0.124. The van der Waals surface area contributed by atoms with Crippen LogP contribution in [0, 0.1) is 11.6 Å². The molecule has 1 aromatic carbocycles. The van der Waals surface area contributed by atoms with E-state index in [1.807, 2.05) is 6.92 Å². The highest BCUT2D eigenvalue weighted by atomic mass is 19.2. The zero-order chi connectivity index (χ0) is 16.0. The Hall–Kier alpha value is -1.69. The molecule has 21 heavy (non-hydrogen) atoms. The average molecular weight is 300 g/mol. The number of carbonyl (C=O) groups excluding carboxylic acids is 1. The molecule has 0 radical (unpaired) electrons. The Bertz CT molecular complexity index is 497. The molecule has 1 rings (SSSR count). The highest BCUT2D eigenvalue weighted by Crippen LogP contribution is 2.20. The van der Waals surface area contributed by atoms with Gasteiger partial charge in [0, 0.05) is 12.5 Å². The smallest absolute Gasteiger partial charge is 0.237 e. The SMILES string of the molecule is CCCNC(C)(CC(C)Oc1ccc(F)c(F)c1)C(N)=O. The molecule has 4 nitrogen and oxygen atoms in total. The lowest BCUT2D eigenvalue weighted by atomic mass is 9.93. The Labute approximate surface area is 123 Å². The van der Waals surface area contributed by atoms with Gasteiger partial charge in [0.25, 0.3) is 0 Å². The number of carbonyl (C=O) groups is 1. The maximum atomic E-state index is 13.1. The van der Waals surface area contributed by atoms with E-state index in [1.165, 1.54) is 6.07 Å². The second kappa shape index (κ2) is 7.36. The summed E-state index contributed by atoms with van der Waals surface area (Å²) in [5.41, 5.74) is 4.52. The van der Waals surface area contributed by atoms with Gasteiger partial charge in [0.05, 0.1) is 11.6 Å². The van der Waals surface area contributed by atoms with E-state index in [2.05, 4.69) is 5.32 Å². The van der Waals surface area contributed by atoms with Crippen LogP contribution in [0.25, 0.3) is 0 Å². The van der Waals surface area contributed by atoms with Gasteiger partial charge in [-0.15, -0.1) is 0 Å². The van der Waals surface area contributed by atoms with Gasteiger partial charge in [-0.2, -0.15) is 0 Å². The summed E-state index contributed by atoms with van der Waals surface area (Å²) in [5, 5.41) is 3.09. The summed E-state index contributed by atoms with van der Waals surface area (Å²) < 4.78 is 31.5. The predicted molar refractivity (Wildman–Crippen MR) is 77.0 cm³/mol. The predicted octanol–water partition coefficient (Wildman–Crippen LogP) is 2.37. The Kier molecular flexibility index (Phi) is 6.08. The topological polar surface area (TPSA) is 64.3 Å². The standard InChI is InChI=1S/C15H22F2N2O2/c1-4-7-19-15(3,14(18)20)9-10(2)21-11-5-6-12(16)13(17)8-11/h5-6,8,10,19H,4,7,9H2,1-3H3,(H2,18,20). The van der Waals surface area contributed by atoms with Gasteiger partial charge in [0.2, 0.25) is 5.91 Å². The first-order valence-corrected chi connectivity index (χ1v) is 6.95. The minimum absolute atomic E-state index is 0.212. The molecule has 2 atom stereocenters. The van der Waals surface area contributed by atoms with Crippen molar-refractivity contribution in [2.45, 2.75) is 45.3 Å². The van der Waals surface area contributed by atoms with Gasteiger partial charge in [-0.1, -0.05) is 6.92 Å². The summed E-state index contributed by atoms with van der Waals surface area (Å²) in [6.45, 7) is 6.08. The van der Waals surface area contributed by atoms with Gasteiger partial charge in [0.15, 0.2) is 11.6 Å². The maximum absolute atomic E-state index is 13.1. The fourth-order valence-corrected chi connectivity index (χ4v) is 2.06. The van der Waals surface area contributed by atoms with Gasteiger partial charge in [-0.3, -0.25) is 4.79 Å². The van der Waals surface area contributed by atoms with Crippen molar-refractivity contribution in [3.63, 3.8) is 0 Å². The van der Waals surface area contributed by atoms with Crippen LogP contribution in [-0.4, -0.2) is 24.1 Å². The van der Waals surface area contributed by atoms with Crippen LogP contribution in [0.4, 0.5) is 8.78 Å². The number of hydrogen-bond donors (Lipinski definition) is 2. The quantitative estimate of drug-likeness (QED) is 0.774. The van der Waals surface area contributed by atoms with Crippen LogP contribution >= 0.6 is 0 Å². The molecule has 3 N–H and O–H groups in total. The Morgan fingerprint density at radius 1 is 1.43 bits per heavy atom. The summed E-state index contributed by atoms with van der Waals surface area (Å²) in [6.07, 6.45) is 0.791. The summed E-state index contributed by atoms with van der Waals surface area (Å²) in [5.74, 6) is -2.16. The largest absolute Gasteiger partial charge is 0.491 e. The fourth-order valence-electron chi connectivity index (χ4n) is 2.06. The van der Waals surface area contributed by atoms with Crippen molar-refractivity contribution in [3.8, 4) is 5.75 Å². The first-order valence-electron chi connectivity index (χ1n) is 6.95. The van der Waals surface area contributed by atoms with Gasteiger partial charge < -0.3 is 15.8 Å². The third-order valence-electron chi connectivity index (χ3n) is 3.23. The summed E-state index contributed by atoms with van der Waals surface area (Å²) in [4.78, 5) is 11.6. The monoisotopic (exact) mass is 300 g/mol.